The maximum Gasteiger partial charge on any atom is 0.110 e. The fourth-order valence-corrected chi connectivity index (χ4v) is 1.27. The molecule has 0 aliphatic rings. The van der Waals surface area contributed by atoms with E-state index in [2.05, 4.69) is 11.8 Å². The van der Waals surface area contributed by atoms with Crippen molar-refractivity contribution in [3.05, 3.63) is 21.9 Å². The quantitative estimate of drug-likeness (QED) is 0.561. The molecule has 0 aliphatic heterocycles. The van der Waals surface area contributed by atoms with Crippen LogP contribution in [0.3, 0.4) is 0 Å². The lowest BCUT2D eigenvalue weighted by molar-refractivity contribution is 1.40. The summed E-state index contributed by atoms with van der Waals surface area (Å²) in [6, 6.07) is 5.66. The van der Waals surface area contributed by atoms with Crippen LogP contribution in [0.1, 0.15) is 16.9 Å². The summed E-state index contributed by atoms with van der Waals surface area (Å²) < 4.78 is 0. The second-order valence-electron chi connectivity index (χ2n) is 1.95. The van der Waals surface area contributed by atoms with Gasteiger partial charge in [-0.05, 0) is 6.07 Å². The first kappa shape index (κ1) is 8.34. The molecule has 0 saturated carbocycles. The van der Waals surface area contributed by atoms with Gasteiger partial charge in [-0.3, -0.25) is 0 Å². The van der Waals surface area contributed by atoms with Gasteiger partial charge in [0.1, 0.15) is 10.9 Å². The largest absolute Gasteiger partial charge is 0.197 e. The van der Waals surface area contributed by atoms with Crippen LogP contribution in [-0.4, -0.2) is 0 Å². The first-order chi connectivity index (χ1) is 5.86. The Hall–Kier alpha value is -1.76. The highest BCUT2D eigenvalue weighted by atomic mass is 32.1. The van der Waals surface area contributed by atoms with Crippen molar-refractivity contribution in [1.29, 1.82) is 10.5 Å². The minimum absolute atomic E-state index is 0.234. The molecular formula is C9H4N2S. The minimum atomic E-state index is 0.234. The predicted molar refractivity (Wildman–Crippen MR) is 46.1 cm³/mol. The van der Waals surface area contributed by atoms with Crippen molar-refractivity contribution >= 4 is 11.3 Å². The number of hydrogen-bond donors (Lipinski definition) is 0. The maximum atomic E-state index is 8.48. The van der Waals surface area contributed by atoms with Gasteiger partial charge >= 0.3 is 0 Å². The lowest BCUT2D eigenvalue weighted by Gasteiger charge is -1.72. The first-order valence-electron chi connectivity index (χ1n) is 3.21. The van der Waals surface area contributed by atoms with Gasteiger partial charge in [0.05, 0.1) is 12.5 Å². The zero-order valence-corrected chi connectivity index (χ0v) is 6.98. The Kier molecular flexibility index (Phi) is 2.91. The summed E-state index contributed by atoms with van der Waals surface area (Å²) in [7, 11) is 0. The summed E-state index contributed by atoms with van der Waals surface area (Å²) in [5.41, 5.74) is 0.812. The van der Waals surface area contributed by atoms with E-state index in [1.165, 1.54) is 11.3 Å². The molecule has 1 aromatic heterocycles. The molecule has 3 heteroatoms. The van der Waals surface area contributed by atoms with Crippen LogP contribution in [0.5, 0.6) is 0 Å². The highest BCUT2D eigenvalue weighted by Gasteiger charge is 1.93. The molecule has 0 bridgehead atoms. The fraction of sp³-hybridized carbons (Fsp3) is 0.111. The van der Waals surface area contributed by atoms with Crippen molar-refractivity contribution in [3.8, 4) is 24.0 Å². The van der Waals surface area contributed by atoms with Crippen molar-refractivity contribution in [3.63, 3.8) is 0 Å². The molecule has 0 atom stereocenters. The number of hydrogen-bond acceptors (Lipinski definition) is 3. The van der Waals surface area contributed by atoms with Crippen LogP contribution in [0.2, 0.25) is 0 Å². The zero-order valence-electron chi connectivity index (χ0n) is 6.16. The molecule has 56 valence electrons. The van der Waals surface area contributed by atoms with E-state index >= 15 is 0 Å². The zero-order chi connectivity index (χ0) is 8.81. The molecule has 12 heavy (non-hydrogen) atoms. The van der Waals surface area contributed by atoms with E-state index in [9.17, 15) is 0 Å². The van der Waals surface area contributed by atoms with Crippen molar-refractivity contribution in [1.82, 2.24) is 0 Å². The molecule has 1 aromatic rings. The van der Waals surface area contributed by atoms with Gasteiger partial charge < -0.3 is 0 Å². The Labute approximate surface area is 74.7 Å². The van der Waals surface area contributed by atoms with Crippen LogP contribution in [0, 0.1) is 34.5 Å². The molecule has 0 fully saturated rings. The molecule has 0 amide bonds. The van der Waals surface area contributed by atoms with Crippen LogP contribution in [0.4, 0.5) is 0 Å². The van der Waals surface area contributed by atoms with Gasteiger partial charge in [-0.2, -0.15) is 10.5 Å². The number of nitrogens with zero attached hydrogens (tertiary/aromatic N) is 2. The number of nitriles is 2. The molecule has 0 spiro atoms. The lowest BCUT2D eigenvalue weighted by atomic mass is 10.3. The van der Waals surface area contributed by atoms with Gasteiger partial charge in [0, 0.05) is 10.9 Å². The highest BCUT2D eigenvalue weighted by Crippen LogP contribution is 2.11. The van der Waals surface area contributed by atoms with Gasteiger partial charge in [-0.1, -0.05) is 11.8 Å². The van der Waals surface area contributed by atoms with Crippen molar-refractivity contribution in [2.75, 3.05) is 0 Å². The van der Waals surface area contributed by atoms with Crippen molar-refractivity contribution < 1.29 is 0 Å². The average molecular weight is 172 g/mol. The standard InChI is InChI=1S/C9H4N2S/c10-4-2-1-3-8-5-9(6-11)12-7-8/h5,7H,2H2. The topological polar surface area (TPSA) is 47.6 Å². The van der Waals surface area contributed by atoms with E-state index in [1.54, 1.807) is 6.07 Å². The minimum Gasteiger partial charge on any atom is -0.197 e. The summed E-state index contributed by atoms with van der Waals surface area (Å²) in [5, 5.41) is 18.5. The first-order valence-corrected chi connectivity index (χ1v) is 4.09. The van der Waals surface area contributed by atoms with Crippen molar-refractivity contribution in [2.24, 2.45) is 0 Å². The van der Waals surface area contributed by atoms with Gasteiger partial charge in [-0.15, -0.1) is 11.3 Å². The van der Waals surface area contributed by atoms with Crippen molar-refractivity contribution in [2.45, 2.75) is 6.42 Å². The Morgan fingerprint density at radius 1 is 1.42 bits per heavy atom. The van der Waals surface area contributed by atoms with Gasteiger partial charge in [0.15, 0.2) is 0 Å². The van der Waals surface area contributed by atoms with Crippen LogP contribution in [0.15, 0.2) is 11.4 Å². The molecule has 0 unspecified atom stereocenters. The highest BCUT2D eigenvalue weighted by molar-refractivity contribution is 7.10. The molecule has 0 radical (unpaired) electrons. The molecule has 0 N–H and O–H groups in total. The third-order valence-corrected chi connectivity index (χ3v) is 1.94. The smallest absolute Gasteiger partial charge is 0.110 e. The van der Waals surface area contributed by atoms with E-state index in [4.69, 9.17) is 10.5 Å². The summed E-state index contributed by atoms with van der Waals surface area (Å²) >= 11 is 1.36. The summed E-state index contributed by atoms with van der Waals surface area (Å²) in [6.45, 7) is 0. The fourth-order valence-electron chi connectivity index (χ4n) is 0.646. The van der Waals surface area contributed by atoms with Crippen LogP contribution >= 0.6 is 11.3 Å². The second-order valence-corrected chi connectivity index (χ2v) is 2.86. The van der Waals surface area contributed by atoms with E-state index in [1.807, 2.05) is 17.5 Å². The van der Waals surface area contributed by atoms with Crippen LogP contribution < -0.4 is 0 Å². The number of thiophene rings is 1. The molecular weight excluding hydrogens is 168 g/mol. The second kappa shape index (κ2) is 4.19. The third kappa shape index (κ3) is 2.13. The number of rotatable bonds is 0. The van der Waals surface area contributed by atoms with E-state index in [-0.39, 0.29) is 6.42 Å². The maximum absolute atomic E-state index is 8.48. The molecule has 0 aromatic carbocycles. The Morgan fingerprint density at radius 3 is 2.83 bits per heavy atom. The Balaban J connectivity index is 2.75. The molecule has 0 saturated heterocycles. The SMILES string of the molecule is N#CCC#Cc1csc(C#N)c1. The van der Waals surface area contributed by atoms with Crippen LogP contribution in [-0.2, 0) is 0 Å². The van der Waals surface area contributed by atoms with E-state index < -0.39 is 0 Å². The summed E-state index contributed by atoms with van der Waals surface area (Å²) in [6.07, 6.45) is 0.234. The van der Waals surface area contributed by atoms with E-state index in [0.717, 1.165) is 5.56 Å². The monoisotopic (exact) mass is 172 g/mol. The van der Waals surface area contributed by atoms with Gasteiger partial charge in [0.2, 0.25) is 0 Å². The lowest BCUT2D eigenvalue weighted by Crippen LogP contribution is -1.64. The summed E-state index contributed by atoms with van der Waals surface area (Å²) in [4.78, 5) is 0.649. The van der Waals surface area contributed by atoms with Crippen LogP contribution in [0.25, 0.3) is 0 Å². The molecule has 2 nitrogen and oxygen atoms in total. The molecule has 1 rings (SSSR count). The normalized spacial score (nSPS) is 7.50. The third-order valence-electron chi connectivity index (χ3n) is 1.11. The summed E-state index contributed by atoms with van der Waals surface area (Å²) in [5.74, 6) is 5.46. The Bertz CT molecular complexity index is 406. The predicted octanol–water partition coefficient (Wildman–Crippen LogP) is 1.88. The Morgan fingerprint density at radius 2 is 2.25 bits per heavy atom. The van der Waals surface area contributed by atoms with Gasteiger partial charge in [0.25, 0.3) is 0 Å². The van der Waals surface area contributed by atoms with E-state index in [0.29, 0.717) is 4.88 Å². The molecule has 0 aliphatic carbocycles. The molecule has 1 heterocycles. The van der Waals surface area contributed by atoms with Gasteiger partial charge in [-0.25, -0.2) is 0 Å². The average Bonchev–Trinajstić information content (AvgIpc) is 2.53.